The van der Waals surface area contributed by atoms with Crippen LogP contribution < -0.4 is 0 Å². The molecule has 174 valence electrons. The van der Waals surface area contributed by atoms with Gasteiger partial charge in [0.25, 0.3) is 0 Å². The molecular formula is C24H38O6Ti. The Morgan fingerprint density at radius 2 is 1.32 bits per heavy atom. The van der Waals surface area contributed by atoms with E-state index >= 15 is 0 Å². The van der Waals surface area contributed by atoms with Crippen molar-refractivity contribution >= 4 is 17.9 Å². The molecule has 2 aliphatic carbocycles. The normalized spacial score (nSPS) is 21.1. The molecule has 31 heavy (non-hydrogen) atoms. The van der Waals surface area contributed by atoms with E-state index in [2.05, 4.69) is 20.8 Å². The summed E-state index contributed by atoms with van der Waals surface area (Å²) in [5, 5.41) is 0. The van der Waals surface area contributed by atoms with E-state index in [0.29, 0.717) is 31.6 Å². The third-order valence-corrected chi connectivity index (χ3v) is 11.0. The molecule has 0 aromatic carbocycles. The van der Waals surface area contributed by atoms with E-state index in [0.717, 1.165) is 24.0 Å². The van der Waals surface area contributed by atoms with E-state index in [4.69, 9.17) is 9.96 Å². The molecule has 0 amide bonds. The molecule has 2 rings (SSSR count). The molecule has 2 atom stereocenters. The molecule has 0 fully saturated rings. The summed E-state index contributed by atoms with van der Waals surface area (Å²) in [5.41, 5.74) is 4.86. The fourth-order valence-electron chi connectivity index (χ4n) is 4.62. The second-order valence-corrected chi connectivity index (χ2v) is 12.6. The van der Waals surface area contributed by atoms with Crippen LogP contribution in [0.15, 0.2) is 22.3 Å². The molecule has 0 bridgehead atoms. The molecule has 6 nitrogen and oxygen atoms in total. The van der Waals surface area contributed by atoms with Gasteiger partial charge in [-0.05, 0) is 0 Å². The van der Waals surface area contributed by atoms with E-state index in [1.54, 1.807) is 0 Å². The van der Waals surface area contributed by atoms with Crippen LogP contribution in [0.4, 0.5) is 0 Å². The zero-order valence-electron chi connectivity index (χ0n) is 20.0. The van der Waals surface area contributed by atoms with Crippen LogP contribution in [-0.4, -0.2) is 17.9 Å². The SMILES string of the molecule is CCCC(=O)[O][Ti]([O]C(=O)CCC)([O]C(=O)CCC)[CH]1CCCC2=C1C(C)=C(C)C2C. The van der Waals surface area contributed by atoms with Crippen molar-refractivity contribution in [1.29, 1.82) is 0 Å². The predicted molar refractivity (Wildman–Crippen MR) is 115 cm³/mol. The summed E-state index contributed by atoms with van der Waals surface area (Å²) in [5.74, 6) is -1.04. The van der Waals surface area contributed by atoms with E-state index in [1.807, 2.05) is 20.8 Å². The summed E-state index contributed by atoms with van der Waals surface area (Å²) >= 11 is -4.71. The van der Waals surface area contributed by atoms with E-state index in [9.17, 15) is 14.4 Å². The number of hydrogen-bond donors (Lipinski definition) is 0. The van der Waals surface area contributed by atoms with Gasteiger partial charge >= 0.3 is 192 Å². The van der Waals surface area contributed by atoms with Crippen LogP contribution in [0.1, 0.15) is 99.3 Å². The summed E-state index contributed by atoms with van der Waals surface area (Å²) in [7, 11) is 0. The van der Waals surface area contributed by atoms with Gasteiger partial charge in [-0.15, -0.1) is 0 Å². The van der Waals surface area contributed by atoms with Crippen LogP contribution in [0.25, 0.3) is 0 Å². The Kier molecular flexibility index (Phi) is 9.56. The standard InChI is InChI=1S/C12H17.3C4H8O2.Ti/c1-8-9(2)11-6-4-5-7-12(11)10(8)3;3*1-2-3-4(5)6;/h6,10H,4-5,7H2,1-3H3;3*2-3H2,1H3,(H,5,6);/q;;;;+3/p-3. The van der Waals surface area contributed by atoms with Crippen molar-refractivity contribution in [3.63, 3.8) is 0 Å². The van der Waals surface area contributed by atoms with Crippen LogP contribution >= 0.6 is 0 Å². The molecule has 7 heteroatoms. The molecule has 0 saturated carbocycles. The van der Waals surface area contributed by atoms with Gasteiger partial charge in [-0.3, -0.25) is 0 Å². The second kappa shape index (κ2) is 11.5. The molecule has 2 unspecified atom stereocenters. The molecule has 0 spiro atoms. The van der Waals surface area contributed by atoms with Crippen molar-refractivity contribution in [1.82, 2.24) is 0 Å². The zero-order chi connectivity index (χ0) is 23.2. The van der Waals surface area contributed by atoms with Crippen molar-refractivity contribution in [2.45, 2.75) is 104 Å². The van der Waals surface area contributed by atoms with Crippen LogP contribution in [0.3, 0.4) is 0 Å². The molecule has 2 aliphatic rings. The van der Waals surface area contributed by atoms with Gasteiger partial charge in [-0.25, -0.2) is 0 Å². The maximum atomic E-state index is 12.7. The van der Waals surface area contributed by atoms with Gasteiger partial charge in [0.2, 0.25) is 0 Å². The Morgan fingerprint density at radius 1 is 0.871 bits per heavy atom. The fraction of sp³-hybridized carbons (Fsp3) is 0.708. The van der Waals surface area contributed by atoms with Crippen molar-refractivity contribution in [2.75, 3.05) is 0 Å². The van der Waals surface area contributed by atoms with E-state index in [1.165, 1.54) is 11.1 Å². The monoisotopic (exact) mass is 470 g/mol. The molecule has 0 saturated heterocycles. The van der Waals surface area contributed by atoms with Crippen LogP contribution in [-0.2, 0) is 42.1 Å². The summed E-state index contributed by atoms with van der Waals surface area (Å²) in [6.45, 7) is 12.1. The van der Waals surface area contributed by atoms with Gasteiger partial charge in [-0.2, -0.15) is 0 Å². The van der Waals surface area contributed by atoms with E-state index < -0.39 is 35.7 Å². The summed E-state index contributed by atoms with van der Waals surface area (Å²) in [6, 6.07) is 0. The fourth-order valence-corrected chi connectivity index (χ4v) is 9.50. The van der Waals surface area contributed by atoms with Gasteiger partial charge in [0.1, 0.15) is 0 Å². The molecule has 0 aromatic rings. The molecule has 0 heterocycles. The molecule has 0 N–H and O–H groups in total. The first kappa shape index (κ1) is 25.9. The van der Waals surface area contributed by atoms with Gasteiger partial charge < -0.3 is 0 Å². The van der Waals surface area contributed by atoms with Crippen LogP contribution in [0.5, 0.6) is 0 Å². The Morgan fingerprint density at radius 3 is 1.74 bits per heavy atom. The Bertz CT molecular complexity index is 716. The first-order chi connectivity index (χ1) is 14.7. The van der Waals surface area contributed by atoms with Crippen LogP contribution in [0, 0.1) is 5.92 Å². The first-order valence-corrected chi connectivity index (χ1v) is 14.6. The van der Waals surface area contributed by atoms with Gasteiger partial charge in [-0.1, -0.05) is 0 Å². The number of rotatable bonds is 10. The Labute approximate surface area is 191 Å². The third-order valence-electron chi connectivity index (χ3n) is 6.36. The quantitative estimate of drug-likeness (QED) is 0.355. The molecule has 0 aromatic heterocycles. The van der Waals surface area contributed by atoms with Crippen LogP contribution in [0.2, 0.25) is 4.22 Å². The van der Waals surface area contributed by atoms with Crippen molar-refractivity contribution in [2.24, 2.45) is 5.92 Å². The number of allylic oxidation sites excluding steroid dienone is 4. The van der Waals surface area contributed by atoms with Crippen molar-refractivity contribution < 1.29 is 42.1 Å². The van der Waals surface area contributed by atoms with Gasteiger partial charge in [0.15, 0.2) is 0 Å². The molecule has 0 radical (unpaired) electrons. The number of hydrogen-bond acceptors (Lipinski definition) is 6. The Balaban J connectivity index is 2.60. The average molecular weight is 470 g/mol. The van der Waals surface area contributed by atoms with Crippen molar-refractivity contribution in [3.05, 3.63) is 22.3 Å². The predicted octanol–water partition coefficient (Wildman–Crippen LogP) is 6.17. The topological polar surface area (TPSA) is 78.9 Å². The maximum absolute atomic E-state index is 12.7. The zero-order valence-corrected chi connectivity index (χ0v) is 21.5. The summed E-state index contributed by atoms with van der Waals surface area (Å²) in [4.78, 5) is 38.1. The minimum atomic E-state index is -4.71. The number of carbonyl (C=O) groups excluding carboxylic acids is 3. The summed E-state index contributed by atoms with van der Waals surface area (Å²) in [6.07, 6.45) is 4.97. The second-order valence-electron chi connectivity index (χ2n) is 8.69. The van der Waals surface area contributed by atoms with Gasteiger partial charge in [0, 0.05) is 0 Å². The third kappa shape index (κ3) is 5.89. The Hall–Kier alpha value is -1.40. The molecular weight excluding hydrogens is 432 g/mol. The first-order valence-electron chi connectivity index (χ1n) is 11.8. The van der Waals surface area contributed by atoms with Crippen molar-refractivity contribution in [3.8, 4) is 0 Å². The van der Waals surface area contributed by atoms with E-state index in [-0.39, 0.29) is 23.5 Å². The number of carbonyl (C=O) groups is 3. The average Bonchev–Trinajstić information content (AvgIpc) is 2.92. The summed E-state index contributed by atoms with van der Waals surface area (Å²) < 4.78 is 17.6. The molecule has 0 aliphatic heterocycles. The van der Waals surface area contributed by atoms with Gasteiger partial charge in [0.05, 0.1) is 0 Å². The minimum absolute atomic E-state index is 0.201.